The second-order valence-electron chi connectivity index (χ2n) is 5.99. The number of nitro groups is 1. The molecule has 3 aromatic rings. The van der Waals surface area contributed by atoms with E-state index in [2.05, 4.69) is 50.3 Å². The summed E-state index contributed by atoms with van der Waals surface area (Å²) in [5.74, 6) is 0. The van der Waals surface area contributed by atoms with Crippen LogP contribution in [0, 0.1) is 10.1 Å². The third-order valence-corrected chi connectivity index (χ3v) is 5.91. The monoisotopic (exact) mass is 416 g/mol. The number of halogens is 1. The average molecular weight is 417 g/mol. The lowest BCUT2D eigenvalue weighted by Gasteiger charge is -2.00. The molecule has 0 aliphatic carbocycles. The van der Waals surface area contributed by atoms with Crippen LogP contribution in [-0.4, -0.2) is 14.7 Å². The Morgan fingerprint density at radius 1 is 1.20 bits per heavy atom. The number of thioether (sulfide) groups is 1. The van der Waals surface area contributed by atoms with E-state index in [4.69, 9.17) is 0 Å². The van der Waals surface area contributed by atoms with E-state index in [1.54, 1.807) is 12.1 Å². The topological polar surface area (TPSA) is 51.9 Å². The molecule has 25 heavy (non-hydrogen) atoms. The van der Waals surface area contributed by atoms with Crippen LogP contribution in [0.2, 0.25) is 0 Å². The summed E-state index contributed by atoms with van der Waals surface area (Å²) < 4.78 is 5.53. The first-order valence-electron chi connectivity index (χ1n) is 7.85. The summed E-state index contributed by atoms with van der Waals surface area (Å²) >= 11 is 5.32. The zero-order valence-electron chi connectivity index (χ0n) is 13.4. The van der Waals surface area contributed by atoms with Gasteiger partial charge in [-0.1, -0.05) is 15.9 Å². The van der Waals surface area contributed by atoms with Crippen molar-refractivity contribution in [3.63, 3.8) is 0 Å². The minimum atomic E-state index is -0.369. The molecule has 0 saturated heterocycles. The molecule has 0 bridgehead atoms. The summed E-state index contributed by atoms with van der Waals surface area (Å²) in [5, 5.41) is 12.6. The molecule has 7 heteroatoms. The lowest BCUT2D eigenvalue weighted by Crippen LogP contribution is -2.35. The van der Waals surface area contributed by atoms with Crippen LogP contribution in [0.3, 0.4) is 0 Å². The highest BCUT2D eigenvalue weighted by atomic mass is 79.9. The van der Waals surface area contributed by atoms with Crippen LogP contribution in [0.15, 0.2) is 64.4 Å². The molecule has 5 nitrogen and oxygen atoms in total. The molecule has 2 heterocycles. The molecular formula is C18H15BrN3O2S+. The summed E-state index contributed by atoms with van der Waals surface area (Å²) in [6.07, 6.45) is 2.11. The lowest BCUT2D eigenvalue weighted by molar-refractivity contribution is -0.715. The third kappa shape index (κ3) is 2.98. The van der Waals surface area contributed by atoms with E-state index in [1.807, 2.05) is 36.0 Å². The summed E-state index contributed by atoms with van der Waals surface area (Å²) in [5.41, 5.74) is 3.27. The number of hydrogen-bond acceptors (Lipinski definition) is 3. The molecule has 0 radical (unpaired) electrons. The van der Waals surface area contributed by atoms with Crippen LogP contribution in [0.25, 0.3) is 16.9 Å². The van der Waals surface area contributed by atoms with Gasteiger partial charge in [-0.25, -0.2) is 4.57 Å². The van der Waals surface area contributed by atoms with E-state index < -0.39 is 0 Å². The van der Waals surface area contributed by atoms with Gasteiger partial charge in [0.1, 0.15) is 18.4 Å². The number of non-ortho nitro benzene ring substituents is 1. The highest BCUT2D eigenvalue weighted by molar-refractivity contribution is 9.10. The van der Waals surface area contributed by atoms with E-state index in [0.717, 1.165) is 28.0 Å². The summed E-state index contributed by atoms with van der Waals surface area (Å²) in [6, 6.07) is 15.0. The van der Waals surface area contributed by atoms with Crippen molar-refractivity contribution in [2.45, 2.75) is 23.9 Å². The summed E-state index contributed by atoms with van der Waals surface area (Å²) in [6.45, 7) is 3.14. The Balaban J connectivity index is 1.82. The van der Waals surface area contributed by atoms with Crippen molar-refractivity contribution in [3.05, 3.63) is 69.3 Å². The predicted octanol–water partition coefficient (Wildman–Crippen LogP) is 4.60. The van der Waals surface area contributed by atoms with Crippen LogP contribution in [0.5, 0.6) is 0 Å². The zero-order chi connectivity index (χ0) is 17.6. The molecule has 0 N–H and O–H groups in total. The van der Waals surface area contributed by atoms with Gasteiger partial charge in [-0.3, -0.25) is 10.1 Å². The van der Waals surface area contributed by atoms with Crippen molar-refractivity contribution >= 4 is 33.4 Å². The van der Waals surface area contributed by atoms with E-state index in [-0.39, 0.29) is 10.6 Å². The van der Waals surface area contributed by atoms with E-state index in [1.165, 1.54) is 5.16 Å². The van der Waals surface area contributed by atoms with Crippen LogP contribution < -0.4 is 4.57 Å². The zero-order valence-corrected chi connectivity index (χ0v) is 15.8. The maximum Gasteiger partial charge on any atom is 0.324 e. The van der Waals surface area contributed by atoms with Crippen molar-refractivity contribution in [3.8, 4) is 16.9 Å². The van der Waals surface area contributed by atoms with Crippen LogP contribution >= 0.6 is 27.7 Å². The molecule has 0 saturated carbocycles. The Morgan fingerprint density at radius 2 is 1.88 bits per heavy atom. The fourth-order valence-electron chi connectivity index (χ4n) is 3.02. The van der Waals surface area contributed by atoms with Gasteiger partial charge in [0.25, 0.3) is 5.69 Å². The second kappa shape index (κ2) is 6.31. The molecule has 1 aliphatic heterocycles. The standard InChI is InChI=1S/C18H15BrN3O2S/c1-12-10-21-17(13-2-6-16(7-3-13)22(23)24)11-20(18(21)25-12)15-8-4-14(19)5-9-15/h2-9,11-12H,10H2,1H3/q+1. The van der Waals surface area contributed by atoms with Gasteiger partial charge in [-0.15, -0.1) is 0 Å². The van der Waals surface area contributed by atoms with Crippen molar-refractivity contribution in [2.24, 2.45) is 0 Å². The number of benzene rings is 2. The Morgan fingerprint density at radius 3 is 2.52 bits per heavy atom. The molecule has 0 spiro atoms. The highest BCUT2D eigenvalue weighted by Gasteiger charge is 2.34. The number of rotatable bonds is 3. The molecule has 1 atom stereocenters. The minimum Gasteiger partial charge on any atom is -0.258 e. The third-order valence-electron chi connectivity index (χ3n) is 4.20. The number of nitro benzene ring substituents is 1. The van der Waals surface area contributed by atoms with Gasteiger partial charge in [-0.05, 0) is 55.1 Å². The number of nitrogens with zero attached hydrogens (tertiary/aromatic N) is 3. The molecule has 1 aliphatic rings. The van der Waals surface area contributed by atoms with Gasteiger partial charge in [0.2, 0.25) is 0 Å². The van der Waals surface area contributed by atoms with E-state index in [9.17, 15) is 10.1 Å². The van der Waals surface area contributed by atoms with Gasteiger partial charge in [0.15, 0.2) is 5.69 Å². The van der Waals surface area contributed by atoms with Gasteiger partial charge >= 0.3 is 5.16 Å². The van der Waals surface area contributed by atoms with Crippen molar-refractivity contribution in [1.29, 1.82) is 0 Å². The number of fused-ring (bicyclic) bond motifs is 1. The smallest absolute Gasteiger partial charge is 0.258 e. The molecule has 4 rings (SSSR count). The maximum atomic E-state index is 10.9. The van der Waals surface area contributed by atoms with Crippen molar-refractivity contribution < 1.29 is 9.49 Å². The molecule has 0 fully saturated rings. The second-order valence-corrected chi connectivity index (χ2v) is 8.31. The van der Waals surface area contributed by atoms with E-state index in [0.29, 0.717) is 5.25 Å². The highest BCUT2D eigenvalue weighted by Crippen LogP contribution is 2.33. The summed E-state index contributed by atoms with van der Waals surface area (Å²) in [7, 11) is 0. The largest absolute Gasteiger partial charge is 0.324 e. The number of aromatic nitrogens is 2. The van der Waals surface area contributed by atoms with Gasteiger partial charge < -0.3 is 0 Å². The average Bonchev–Trinajstić information content (AvgIpc) is 3.13. The van der Waals surface area contributed by atoms with Crippen LogP contribution in [0.1, 0.15) is 6.92 Å². The minimum absolute atomic E-state index is 0.112. The maximum absolute atomic E-state index is 10.9. The molecular weight excluding hydrogens is 402 g/mol. The quantitative estimate of drug-likeness (QED) is 0.356. The molecule has 1 aromatic heterocycles. The van der Waals surface area contributed by atoms with Crippen LogP contribution in [0.4, 0.5) is 5.69 Å². The first kappa shape index (κ1) is 16.4. The SMILES string of the molecule is CC1C[n+]2c(-c3ccc([N+](=O)[O-])cc3)cn(-c3ccc(Br)cc3)c2S1. The fraction of sp³-hybridized carbons (Fsp3) is 0.167. The van der Waals surface area contributed by atoms with Gasteiger partial charge in [0, 0.05) is 22.2 Å². The van der Waals surface area contributed by atoms with Gasteiger partial charge in [0.05, 0.1) is 10.2 Å². The normalized spacial score (nSPS) is 16.0. The predicted molar refractivity (Wildman–Crippen MR) is 101 cm³/mol. The molecule has 2 aromatic carbocycles. The Labute approximate surface area is 157 Å². The molecule has 0 amide bonds. The van der Waals surface area contributed by atoms with Crippen LogP contribution in [-0.2, 0) is 6.54 Å². The van der Waals surface area contributed by atoms with Crippen molar-refractivity contribution in [2.75, 3.05) is 0 Å². The number of hydrogen-bond donors (Lipinski definition) is 0. The van der Waals surface area contributed by atoms with Crippen molar-refractivity contribution in [1.82, 2.24) is 4.57 Å². The summed E-state index contributed by atoms with van der Waals surface area (Å²) in [4.78, 5) is 10.5. The fourth-order valence-corrected chi connectivity index (χ4v) is 4.44. The van der Waals surface area contributed by atoms with E-state index >= 15 is 0 Å². The Bertz CT molecular complexity index is 952. The molecule has 126 valence electrons. The first-order valence-corrected chi connectivity index (χ1v) is 9.53. The molecule has 1 unspecified atom stereocenters. The first-order chi connectivity index (χ1) is 12.0. The number of imidazole rings is 1. The Kier molecular flexibility index (Phi) is 4.13. The lowest BCUT2D eigenvalue weighted by atomic mass is 10.1. The van der Waals surface area contributed by atoms with Gasteiger partial charge in [-0.2, -0.15) is 4.57 Å². The Hall–Kier alpha value is -2.12.